The van der Waals surface area contributed by atoms with Crippen LogP contribution >= 0.6 is 0 Å². The van der Waals surface area contributed by atoms with Crippen molar-refractivity contribution in [1.82, 2.24) is 20.2 Å². The first-order chi connectivity index (χ1) is 11.3. The molecule has 3 rings (SSSR count). The third kappa shape index (κ3) is 5.15. The molecule has 3 heterocycles. The SMILES string of the molecule is Cc1nc(NCCN2CCCCCC2)cc([C@H]2CCCNC2)n1. The number of hydrogen-bond acceptors (Lipinski definition) is 5. The van der Waals surface area contributed by atoms with E-state index in [0.29, 0.717) is 5.92 Å². The maximum absolute atomic E-state index is 4.67. The number of anilines is 1. The van der Waals surface area contributed by atoms with Gasteiger partial charge >= 0.3 is 0 Å². The van der Waals surface area contributed by atoms with Crippen molar-refractivity contribution in [3.63, 3.8) is 0 Å². The number of hydrogen-bond donors (Lipinski definition) is 2. The Balaban J connectivity index is 1.53. The molecule has 0 amide bonds. The summed E-state index contributed by atoms with van der Waals surface area (Å²) in [5.74, 6) is 2.41. The highest BCUT2D eigenvalue weighted by Crippen LogP contribution is 2.23. The molecule has 0 saturated carbocycles. The second-order valence-electron chi connectivity index (χ2n) is 6.95. The van der Waals surface area contributed by atoms with Crippen LogP contribution in [0.25, 0.3) is 0 Å². The molecule has 1 atom stereocenters. The molecule has 2 saturated heterocycles. The van der Waals surface area contributed by atoms with Crippen molar-refractivity contribution in [3.05, 3.63) is 17.6 Å². The lowest BCUT2D eigenvalue weighted by molar-refractivity contribution is 0.296. The lowest BCUT2D eigenvalue weighted by atomic mass is 9.96. The molecule has 0 radical (unpaired) electrons. The number of nitrogens with one attached hydrogen (secondary N) is 2. The van der Waals surface area contributed by atoms with Crippen molar-refractivity contribution in [2.45, 2.75) is 51.4 Å². The molecule has 2 fully saturated rings. The van der Waals surface area contributed by atoms with E-state index in [2.05, 4.69) is 31.6 Å². The molecule has 128 valence electrons. The Bertz CT molecular complexity index is 476. The molecule has 1 aromatic rings. The van der Waals surface area contributed by atoms with Crippen molar-refractivity contribution >= 4 is 5.82 Å². The van der Waals surface area contributed by atoms with E-state index in [0.717, 1.165) is 37.8 Å². The molecule has 1 aromatic heterocycles. The fourth-order valence-corrected chi connectivity index (χ4v) is 3.70. The summed E-state index contributed by atoms with van der Waals surface area (Å²) in [6, 6.07) is 2.16. The first-order valence-corrected chi connectivity index (χ1v) is 9.34. The molecule has 0 spiro atoms. The van der Waals surface area contributed by atoms with Gasteiger partial charge in [0, 0.05) is 31.6 Å². The van der Waals surface area contributed by atoms with E-state index in [9.17, 15) is 0 Å². The lowest BCUT2D eigenvalue weighted by Gasteiger charge is -2.23. The maximum atomic E-state index is 4.67. The Kier molecular flexibility index (Phi) is 6.22. The highest BCUT2D eigenvalue weighted by atomic mass is 15.1. The first kappa shape index (κ1) is 16.7. The third-order valence-corrected chi connectivity index (χ3v) is 5.01. The van der Waals surface area contributed by atoms with Gasteiger partial charge in [0.15, 0.2) is 0 Å². The number of likely N-dealkylation sites (tertiary alicyclic amines) is 1. The molecule has 2 aliphatic rings. The Morgan fingerprint density at radius 2 is 2.00 bits per heavy atom. The first-order valence-electron chi connectivity index (χ1n) is 9.34. The Morgan fingerprint density at radius 3 is 2.74 bits per heavy atom. The molecule has 5 heteroatoms. The van der Waals surface area contributed by atoms with E-state index in [4.69, 9.17) is 0 Å². The fourth-order valence-electron chi connectivity index (χ4n) is 3.70. The minimum absolute atomic E-state index is 0.539. The highest BCUT2D eigenvalue weighted by molar-refractivity contribution is 5.37. The highest BCUT2D eigenvalue weighted by Gasteiger charge is 2.17. The van der Waals surface area contributed by atoms with E-state index in [-0.39, 0.29) is 0 Å². The van der Waals surface area contributed by atoms with Gasteiger partial charge in [0.2, 0.25) is 0 Å². The van der Waals surface area contributed by atoms with Gasteiger partial charge in [0.25, 0.3) is 0 Å². The van der Waals surface area contributed by atoms with E-state index in [1.165, 1.54) is 57.3 Å². The van der Waals surface area contributed by atoms with Crippen molar-refractivity contribution < 1.29 is 0 Å². The molecule has 2 N–H and O–H groups in total. The van der Waals surface area contributed by atoms with Crippen LogP contribution in [0.4, 0.5) is 5.82 Å². The summed E-state index contributed by atoms with van der Waals surface area (Å²) < 4.78 is 0. The van der Waals surface area contributed by atoms with Crippen LogP contribution in [0.1, 0.15) is 56.0 Å². The van der Waals surface area contributed by atoms with Gasteiger partial charge in [-0.15, -0.1) is 0 Å². The average molecular weight is 317 g/mol. The van der Waals surface area contributed by atoms with Crippen LogP contribution in [-0.4, -0.2) is 54.1 Å². The van der Waals surface area contributed by atoms with Gasteiger partial charge < -0.3 is 15.5 Å². The predicted molar refractivity (Wildman–Crippen MR) is 95.0 cm³/mol. The van der Waals surface area contributed by atoms with Crippen LogP contribution in [0.2, 0.25) is 0 Å². The van der Waals surface area contributed by atoms with Crippen LogP contribution in [-0.2, 0) is 0 Å². The summed E-state index contributed by atoms with van der Waals surface area (Å²) in [5.41, 5.74) is 1.20. The minimum atomic E-state index is 0.539. The van der Waals surface area contributed by atoms with Gasteiger partial charge in [0.05, 0.1) is 5.69 Å². The Morgan fingerprint density at radius 1 is 1.17 bits per heavy atom. The smallest absolute Gasteiger partial charge is 0.129 e. The Labute approximate surface area is 140 Å². The zero-order valence-electron chi connectivity index (χ0n) is 14.5. The van der Waals surface area contributed by atoms with Crippen molar-refractivity contribution in [2.75, 3.05) is 44.6 Å². The lowest BCUT2D eigenvalue weighted by Crippen LogP contribution is -2.30. The standard InChI is InChI=1S/C18H31N5/c1-15-21-17(16-7-6-8-19-14-16)13-18(22-15)20-9-12-23-10-4-2-3-5-11-23/h13,16,19H,2-12,14H2,1H3,(H,20,21,22)/t16-/m0/s1. The number of aromatic nitrogens is 2. The van der Waals surface area contributed by atoms with Crippen LogP contribution < -0.4 is 10.6 Å². The molecule has 0 aliphatic carbocycles. The summed E-state index contributed by atoms with van der Waals surface area (Å²) in [5, 5.41) is 7.00. The Hall–Kier alpha value is -1.20. The zero-order chi connectivity index (χ0) is 15.9. The summed E-state index contributed by atoms with van der Waals surface area (Å²) in [6.07, 6.45) is 7.97. The van der Waals surface area contributed by atoms with Crippen LogP contribution in [0.3, 0.4) is 0 Å². The minimum Gasteiger partial charge on any atom is -0.369 e. The summed E-state index contributed by atoms with van der Waals surface area (Å²) in [4.78, 5) is 11.8. The second-order valence-corrected chi connectivity index (χ2v) is 6.95. The van der Waals surface area contributed by atoms with Crippen LogP contribution in [0, 0.1) is 6.92 Å². The molecule has 2 aliphatic heterocycles. The number of rotatable bonds is 5. The molecule has 0 bridgehead atoms. The number of piperidine rings is 1. The van der Waals surface area contributed by atoms with E-state index in [1.807, 2.05) is 6.92 Å². The molecular weight excluding hydrogens is 286 g/mol. The number of aryl methyl sites for hydroxylation is 1. The maximum Gasteiger partial charge on any atom is 0.129 e. The molecule has 5 nitrogen and oxygen atoms in total. The van der Waals surface area contributed by atoms with Crippen LogP contribution in [0.5, 0.6) is 0 Å². The van der Waals surface area contributed by atoms with Gasteiger partial charge in [-0.3, -0.25) is 0 Å². The predicted octanol–water partition coefficient (Wildman–Crippen LogP) is 2.54. The molecule has 0 aromatic carbocycles. The largest absolute Gasteiger partial charge is 0.369 e. The topological polar surface area (TPSA) is 53.1 Å². The molecule has 23 heavy (non-hydrogen) atoms. The average Bonchev–Trinajstić information content (AvgIpc) is 2.84. The van der Waals surface area contributed by atoms with E-state index in [1.54, 1.807) is 0 Å². The zero-order valence-corrected chi connectivity index (χ0v) is 14.5. The normalized spacial score (nSPS) is 23.4. The summed E-state index contributed by atoms with van der Waals surface area (Å²) in [6.45, 7) is 8.78. The van der Waals surface area contributed by atoms with E-state index < -0.39 is 0 Å². The summed E-state index contributed by atoms with van der Waals surface area (Å²) in [7, 11) is 0. The van der Waals surface area contributed by atoms with Crippen molar-refractivity contribution in [2.24, 2.45) is 0 Å². The fraction of sp³-hybridized carbons (Fsp3) is 0.778. The van der Waals surface area contributed by atoms with Crippen molar-refractivity contribution in [1.29, 1.82) is 0 Å². The van der Waals surface area contributed by atoms with Gasteiger partial charge in [-0.05, 0) is 52.2 Å². The monoisotopic (exact) mass is 317 g/mol. The van der Waals surface area contributed by atoms with Gasteiger partial charge in [0.1, 0.15) is 11.6 Å². The quantitative estimate of drug-likeness (QED) is 0.874. The molecule has 0 unspecified atom stereocenters. The van der Waals surface area contributed by atoms with Gasteiger partial charge in [-0.2, -0.15) is 0 Å². The van der Waals surface area contributed by atoms with Crippen LogP contribution in [0.15, 0.2) is 6.07 Å². The summed E-state index contributed by atoms with van der Waals surface area (Å²) >= 11 is 0. The van der Waals surface area contributed by atoms with Gasteiger partial charge in [-0.25, -0.2) is 9.97 Å². The van der Waals surface area contributed by atoms with E-state index >= 15 is 0 Å². The third-order valence-electron chi connectivity index (χ3n) is 5.01. The second kappa shape index (κ2) is 8.60. The van der Waals surface area contributed by atoms with Gasteiger partial charge in [-0.1, -0.05) is 12.8 Å². The molecular formula is C18H31N5. The van der Waals surface area contributed by atoms with Crippen molar-refractivity contribution in [3.8, 4) is 0 Å². The number of nitrogens with zero attached hydrogens (tertiary/aromatic N) is 3.